The maximum Gasteiger partial charge on any atom is 0.134 e. The van der Waals surface area contributed by atoms with E-state index in [4.69, 9.17) is 4.74 Å². The van der Waals surface area contributed by atoms with Crippen molar-refractivity contribution < 1.29 is 4.74 Å². The molecule has 0 atom stereocenters. The molecule has 0 unspecified atom stereocenters. The van der Waals surface area contributed by atoms with E-state index in [1.165, 1.54) is 0 Å². The average Bonchev–Trinajstić information content (AvgIpc) is 2.45. The first kappa shape index (κ1) is 17.7. The van der Waals surface area contributed by atoms with Crippen LogP contribution in [0, 0.1) is 6.92 Å². The molecule has 0 amide bonds. The number of anilines is 2. The maximum atomic E-state index is 5.54. The van der Waals surface area contributed by atoms with Crippen molar-refractivity contribution in [1.29, 1.82) is 0 Å². The van der Waals surface area contributed by atoms with E-state index < -0.39 is 0 Å². The normalized spacial score (nSPS) is 11.0. The number of unbranched alkanes of at least 4 members (excludes halogenated alkanes) is 1. The number of hydrogen-bond donors (Lipinski definition) is 2. The van der Waals surface area contributed by atoms with Crippen LogP contribution in [0.3, 0.4) is 0 Å². The summed E-state index contributed by atoms with van der Waals surface area (Å²) < 4.78 is 5.54. The highest BCUT2D eigenvalue weighted by Crippen LogP contribution is 2.20. The van der Waals surface area contributed by atoms with E-state index >= 15 is 0 Å². The molecule has 5 nitrogen and oxygen atoms in total. The van der Waals surface area contributed by atoms with Crippen LogP contribution in [0.4, 0.5) is 11.6 Å². The Kier molecular flexibility index (Phi) is 8.05. The largest absolute Gasteiger partial charge is 0.379 e. The van der Waals surface area contributed by atoms with Crippen molar-refractivity contribution >= 4 is 11.6 Å². The summed E-state index contributed by atoms with van der Waals surface area (Å²) in [6, 6.07) is 0. The number of nitrogens with zero attached hydrogens (tertiary/aromatic N) is 2. The first-order valence-electron chi connectivity index (χ1n) is 7.99. The fourth-order valence-corrected chi connectivity index (χ4v) is 2.07. The molecule has 0 aliphatic rings. The highest BCUT2D eigenvalue weighted by atomic mass is 16.5. The van der Waals surface area contributed by atoms with Crippen LogP contribution in [-0.2, 0) is 11.2 Å². The molecule has 0 radical (unpaired) electrons. The lowest BCUT2D eigenvalue weighted by Crippen LogP contribution is -2.11. The molecule has 120 valence electrons. The zero-order valence-electron chi connectivity index (χ0n) is 14.1. The Morgan fingerprint density at radius 3 is 2.48 bits per heavy atom. The molecule has 2 N–H and O–H groups in total. The van der Waals surface area contributed by atoms with Crippen molar-refractivity contribution in [3.8, 4) is 0 Å². The van der Waals surface area contributed by atoms with Crippen LogP contribution in [0.5, 0.6) is 0 Å². The van der Waals surface area contributed by atoms with Gasteiger partial charge in [-0.15, -0.1) is 0 Å². The second kappa shape index (κ2) is 9.55. The molecular weight excluding hydrogens is 264 g/mol. The summed E-state index contributed by atoms with van der Waals surface area (Å²) in [4.78, 5) is 9.16. The van der Waals surface area contributed by atoms with Crippen LogP contribution in [0.25, 0.3) is 0 Å². The Labute approximate surface area is 128 Å². The fraction of sp³-hybridized carbons (Fsp3) is 0.750. The zero-order valence-corrected chi connectivity index (χ0v) is 14.1. The lowest BCUT2D eigenvalue weighted by molar-refractivity contribution is 0.0765. The Bertz CT molecular complexity index is 421. The molecule has 0 bridgehead atoms. The van der Waals surface area contributed by atoms with Crippen LogP contribution in [0.1, 0.15) is 51.4 Å². The van der Waals surface area contributed by atoms with Crippen LogP contribution < -0.4 is 10.6 Å². The minimum Gasteiger partial charge on any atom is -0.379 e. The van der Waals surface area contributed by atoms with Crippen LogP contribution in [-0.4, -0.2) is 36.3 Å². The number of rotatable bonds is 10. The minimum absolute atomic E-state index is 0.317. The van der Waals surface area contributed by atoms with Crippen LogP contribution >= 0.6 is 0 Å². The second-order valence-electron chi connectivity index (χ2n) is 5.52. The summed E-state index contributed by atoms with van der Waals surface area (Å²) in [6.07, 6.45) is 4.42. The lowest BCUT2D eigenvalue weighted by Gasteiger charge is -2.14. The number of aryl methyl sites for hydroxylation is 1. The molecule has 0 fully saturated rings. The molecule has 1 rings (SSSR count). The van der Waals surface area contributed by atoms with E-state index in [0.717, 1.165) is 61.9 Å². The van der Waals surface area contributed by atoms with E-state index in [1.807, 2.05) is 14.0 Å². The Balaban J connectivity index is 2.51. The van der Waals surface area contributed by atoms with Crippen molar-refractivity contribution in [3.05, 3.63) is 11.4 Å². The van der Waals surface area contributed by atoms with E-state index in [9.17, 15) is 0 Å². The van der Waals surface area contributed by atoms with Crippen molar-refractivity contribution in [2.24, 2.45) is 0 Å². The molecule has 0 aromatic carbocycles. The predicted molar refractivity (Wildman–Crippen MR) is 89.1 cm³/mol. The SMILES string of the molecule is CCCc1nc(NC)c(C)c(NCCCCOC(C)C)n1. The summed E-state index contributed by atoms with van der Waals surface area (Å²) in [7, 11) is 1.90. The van der Waals surface area contributed by atoms with E-state index in [1.54, 1.807) is 0 Å². The first-order valence-corrected chi connectivity index (χ1v) is 7.99. The summed E-state index contributed by atoms with van der Waals surface area (Å²) >= 11 is 0. The van der Waals surface area contributed by atoms with Crippen molar-refractivity contribution in [1.82, 2.24) is 9.97 Å². The topological polar surface area (TPSA) is 59.1 Å². The molecule has 0 aliphatic carbocycles. The molecule has 0 aliphatic heterocycles. The lowest BCUT2D eigenvalue weighted by atomic mass is 10.2. The third kappa shape index (κ3) is 6.29. The molecule has 1 aromatic rings. The molecule has 5 heteroatoms. The monoisotopic (exact) mass is 294 g/mol. The summed E-state index contributed by atoms with van der Waals surface area (Å²) in [6.45, 7) is 10.1. The molecular formula is C16H30N4O. The third-order valence-corrected chi connectivity index (χ3v) is 3.22. The van der Waals surface area contributed by atoms with Gasteiger partial charge in [-0.25, -0.2) is 9.97 Å². The van der Waals surface area contributed by atoms with Gasteiger partial charge in [0.1, 0.15) is 17.5 Å². The van der Waals surface area contributed by atoms with E-state index in [2.05, 4.69) is 41.4 Å². The minimum atomic E-state index is 0.317. The molecule has 0 saturated heterocycles. The number of nitrogens with one attached hydrogen (secondary N) is 2. The molecule has 0 saturated carbocycles. The van der Waals surface area contributed by atoms with Crippen LogP contribution in [0.2, 0.25) is 0 Å². The van der Waals surface area contributed by atoms with Gasteiger partial charge in [-0.1, -0.05) is 6.92 Å². The van der Waals surface area contributed by atoms with Crippen molar-refractivity contribution in [2.45, 2.75) is 59.5 Å². The number of hydrogen-bond acceptors (Lipinski definition) is 5. The summed E-state index contributed by atoms with van der Waals surface area (Å²) in [5.41, 5.74) is 1.08. The number of ether oxygens (including phenoxy) is 1. The Morgan fingerprint density at radius 2 is 1.86 bits per heavy atom. The predicted octanol–water partition coefficient (Wildman–Crippen LogP) is 3.40. The standard InChI is InChI=1S/C16H30N4O/c1-6-9-14-19-15(17-5)13(4)16(20-14)18-10-7-8-11-21-12(2)3/h12H,6-11H2,1-5H3,(H2,17,18,19,20). The molecule has 0 spiro atoms. The quantitative estimate of drug-likeness (QED) is 0.648. The Hall–Kier alpha value is -1.36. The average molecular weight is 294 g/mol. The van der Waals surface area contributed by atoms with Gasteiger partial charge in [0.15, 0.2) is 0 Å². The molecule has 1 aromatic heterocycles. The molecule has 1 heterocycles. The second-order valence-corrected chi connectivity index (χ2v) is 5.52. The highest BCUT2D eigenvalue weighted by molar-refractivity contribution is 5.56. The van der Waals surface area contributed by atoms with E-state index in [0.29, 0.717) is 6.10 Å². The first-order chi connectivity index (χ1) is 10.1. The smallest absolute Gasteiger partial charge is 0.134 e. The van der Waals surface area contributed by atoms with Gasteiger partial charge in [0, 0.05) is 32.2 Å². The number of aromatic nitrogens is 2. The van der Waals surface area contributed by atoms with Crippen LogP contribution in [0.15, 0.2) is 0 Å². The fourth-order valence-electron chi connectivity index (χ4n) is 2.07. The van der Waals surface area contributed by atoms with Gasteiger partial charge in [-0.05, 0) is 40.0 Å². The van der Waals surface area contributed by atoms with E-state index in [-0.39, 0.29) is 0 Å². The van der Waals surface area contributed by atoms with Crippen molar-refractivity contribution in [2.75, 3.05) is 30.8 Å². The summed E-state index contributed by atoms with van der Waals surface area (Å²) in [5, 5.41) is 6.57. The van der Waals surface area contributed by atoms with Gasteiger partial charge in [-0.3, -0.25) is 0 Å². The van der Waals surface area contributed by atoms with Gasteiger partial charge in [0.05, 0.1) is 6.10 Å². The van der Waals surface area contributed by atoms with Gasteiger partial charge in [-0.2, -0.15) is 0 Å². The van der Waals surface area contributed by atoms with Gasteiger partial charge in [0.25, 0.3) is 0 Å². The zero-order chi connectivity index (χ0) is 15.7. The Morgan fingerprint density at radius 1 is 1.14 bits per heavy atom. The summed E-state index contributed by atoms with van der Waals surface area (Å²) in [5.74, 6) is 2.76. The van der Waals surface area contributed by atoms with Crippen molar-refractivity contribution in [3.63, 3.8) is 0 Å². The van der Waals surface area contributed by atoms with Gasteiger partial charge in [0.2, 0.25) is 0 Å². The maximum absolute atomic E-state index is 5.54. The van der Waals surface area contributed by atoms with Gasteiger partial charge >= 0.3 is 0 Å². The van der Waals surface area contributed by atoms with Gasteiger partial charge < -0.3 is 15.4 Å². The highest BCUT2D eigenvalue weighted by Gasteiger charge is 2.09. The third-order valence-electron chi connectivity index (χ3n) is 3.22. The molecule has 21 heavy (non-hydrogen) atoms.